The van der Waals surface area contributed by atoms with E-state index in [-0.39, 0.29) is 25.5 Å². The highest BCUT2D eigenvalue weighted by Crippen LogP contribution is 2.05. The zero-order valence-electron chi connectivity index (χ0n) is 17.6. The molecule has 6 N–H and O–H groups in total. The predicted octanol–water partition coefficient (Wildman–Crippen LogP) is -0.0192. The average Bonchev–Trinajstić information content (AvgIpc) is 2.71. The van der Waals surface area contributed by atoms with Crippen LogP contribution in [0.5, 0.6) is 0 Å². The van der Waals surface area contributed by atoms with Crippen molar-refractivity contribution in [3.05, 3.63) is 35.9 Å². The van der Waals surface area contributed by atoms with Crippen LogP contribution in [0.3, 0.4) is 0 Å². The minimum absolute atomic E-state index is 0.145. The molecule has 166 valence electrons. The number of amides is 4. The van der Waals surface area contributed by atoms with E-state index < -0.39 is 35.9 Å². The maximum atomic E-state index is 12.6. The van der Waals surface area contributed by atoms with Gasteiger partial charge in [0, 0.05) is 6.42 Å². The molecule has 10 heteroatoms. The highest BCUT2D eigenvalue weighted by atomic mass is 16.5. The molecule has 2 atom stereocenters. The number of hydrogen-bond donors (Lipinski definition) is 5. The summed E-state index contributed by atoms with van der Waals surface area (Å²) in [5, 5.41) is 7.53. The van der Waals surface area contributed by atoms with Crippen molar-refractivity contribution in [1.29, 1.82) is 0 Å². The molecule has 0 fully saturated rings. The molecule has 0 bridgehead atoms. The van der Waals surface area contributed by atoms with Crippen molar-refractivity contribution in [2.45, 2.75) is 45.7 Å². The summed E-state index contributed by atoms with van der Waals surface area (Å²) < 4.78 is 4.85. The van der Waals surface area contributed by atoms with Crippen molar-refractivity contribution in [1.82, 2.24) is 21.4 Å². The summed E-state index contributed by atoms with van der Waals surface area (Å²) in [6, 6.07) is 7.38. The molecule has 0 aliphatic rings. The first kappa shape index (κ1) is 24.9. The number of ether oxygens (including phenoxy) is 1. The Kier molecular flexibility index (Phi) is 10.9. The van der Waals surface area contributed by atoms with Crippen molar-refractivity contribution in [2.75, 3.05) is 13.2 Å². The van der Waals surface area contributed by atoms with E-state index in [0.29, 0.717) is 6.42 Å². The third kappa shape index (κ3) is 9.37. The number of nitrogens with one attached hydrogen (secondary N) is 4. The summed E-state index contributed by atoms with van der Waals surface area (Å²) in [7, 11) is 0. The topological polar surface area (TPSA) is 152 Å². The summed E-state index contributed by atoms with van der Waals surface area (Å²) in [6.45, 7) is 5.26. The van der Waals surface area contributed by atoms with Crippen LogP contribution in [-0.2, 0) is 25.5 Å². The molecule has 0 unspecified atom stereocenters. The van der Waals surface area contributed by atoms with Crippen LogP contribution in [0.1, 0.15) is 32.8 Å². The van der Waals surface area contributed by atoms with E-state index in [0.717, 1.165) is 5.56 Å². The summed E-state index contributed by atoms with van der Waals surface area (Å²) in [6.07, 6.45) is -0.114. The lowest BCUT2D eigenvalue weighted by Gasteiger charge is -2.20. The Bertz CT molecular complexity index is 711. The quantitative estimate of drug-likeness (QED) is 0.192. The molecule has 4 amide bonds. The summed E-state index contributed by atoms with van der Waals surface area (Å²) in [5.74, 6) is 3.68. The fraction of sp³-hybridized carbons (Fsp3) is 0.500. The summed E-state index contributed by atoms with van der Waals surface area (Å²) >= 11 is 0. The van der Waals surface area contributed by atoms with Crippen LogP contribution >= 0.6 is 0 Å². The Balaban J connectivity index is 2.71. The molecule has 0 aromatic heterocycles. The number of hydrogen-bond acceptors (Lipinski definition) is 6. The molecule has 0 aliphatic heterocycles. The van der Waals surface area contributed by atoms with E-state index in [4.69, 9.17) is 10.6 Å². The highest BCUT2D eigenvalue weighted by molar-refractivity contribution is 5.92. The van der Waals surface area contributed by atoms with E-state index in [1.807, 2.05) is 49.6 Å². The first-order valence-electron chi connectivity index (χ1n) is 9.81. The zero-order valence-corrected chi connectivity index (χ0v) is 17.6. The average molecular weight is 421 g/mol. The van der Waals surface area contributed by atoms with Gasteiger partial charge in [-0.25, -0.2) is 10.6 Å². The number of benzene rings is 1. The fourth-order valence-electron chi connectivity index (χ4n) is 2.71. The smallest absolute Gasteiger partial charge is 0.407 e. The molecule has 1 rings (SSSR count). The van der Waals surface area contributed by atoms with E-state index >= 15 is 0 Å². The molecular weight excluding hydrogens is 390 g/mol. The van der Waals surface area contributed by atoms with Gasteiger partial charge in [-0.2, -0.15) is 0 Å². The minimum atomic E-state index is -0.932. The van der Waals surface area contributed by atoms with Crippen molar-refractivity contribution >= 4 is 23.8 Å². The van der Waals surface area contributed by atoms with Gasteiger partial charge in [0.1, 0.15) is 12.1 Å². The summed E-state index contributed by atoms with van der Waals surface area (Å²) in [5.41, 5.74) is 2.85. The molecule has 0 aliphatic carbocycles. The van der Waals surface area contributed by atoms with Gasteiger partial charge >= 0.3 is 6.09 Å². The van der Waals surface area contributed by atoms with Crippen LogP contribution in [0.4, 0.5) is 4.79 Å². The van der Waals surface area contributed by atoms with Crippen LogP contribution in [-0.4, -0.2) is 49.1 Å². The van der Waals surface area contributed by atoms with Crippen LogP contribution in [0.2, 0.25) is 0 Å². The van der Waals surface area contributed by atoms with Gasteiger partial charge in [0.05, 0.1) is 13.2 Å². The molecule has 0 saturated heterocycles. The minimum Gasteiger partial charge on any atom is -0.450 e. The van der Waals surface area contributed by atoms with Crippen molar-refractivity contribution in [2.24, 2.45) is 11.8 Å². The summed E-state index contributed by atoms with van der Waals surface area (Å²) in [4.78, 5) is 48.4. The number of hydrazine groups is 1. The van der Waals surface area contributed by atoms with Gasteiger partial charge in [0.25, 0.3) is 5.91 Å². The molecule has 0 radical (unpaired) electrons. The molecule has 0 heterocycles. The molecule has 10 nitrogen and oxygen atoms in total. The lowest BCUT2D eigenvalue weighted by atomic mass is 10.0. The normalized spacial score (nSPS) is 12.4. The van der Waals surface area contributed by atoms with Gasteiger partial charge in [0.2, 0.25) is 11.8 Å². The largest absolute Gasteiger partial charge is 0.450 e. The van der Waals surface area contributed by atoms with E-state index in [2.05, 4.69) is 16.0 Å². The maximum absolute atomic E-state index is 12.6. The SMILES string of the molecule is CCOC(=O)N[C@@H](Cc1ccccc1)C(=O)NCC(=O)N[C@@H](CC(C)C)C(=O)NN. The van der Waals surface area contributed by atoms with Gasteiger partial charge in [-0.05, 0) is 24.8 Å². The predicted molar refractivity (Wildman–Crippen MR) is 111 cm³/mol. The number of carbonyl (C=O) groups is 4. The maximum Gasteiger partial charge on any atom is 0.407 e. The lowest BCUT2D eigenvalue weighted by Crippen LogP contribution is -2.53. The fourth-order valence-corrected chi connectivity index (χ4v) is 2.71. The second-order valence-corrected chi connectivity index (χ2v) is 7.08. The Morgan fingerprint density at radius 2 is 1.67 bits per heavy atom. The van der Waals surface area contributed by atoms with Crippen LogP contribution in [0.15, 0.2) is 30.3 Å². The molecule has 1 aromatic rings. The van der Waals surface area contributed by atoms with Gasteiger partial charge < -0.3 is 20.7 Å². The molecule has 0 saturated carbocycles. The van der Waals surface area contributed by atoms with Gasteiger partial charge in [-0.3, -0.25) is 19.8 Å². The van der Waals surface area contributed by atoms with E-state index in [1.165, 1.54) is 0 Å². The Labute approximate surface area is 176 Å². The molecular formula is C20H31N5O5. The Morgan fingerprint density at radius 3 is 2.23 bits per heavy atom. The van der Waals surface area contributed by atoms with E-state index in [9.17, 15) is 19.2 Å². The second kappa shape index (κ2) is 13.2. The zero-order chi connectivity index (χ0) is 22.5. The lowest BCUT2D eigenvalue weighted by molar-refractivity contribution is -0.130. The van der Waals surface area contributed by atoms with Gasteiger partial charge in [-0.15, -0.1) is 0 Å². The monoisotopic (exact) mass is 421 g/mol. The third-order valence-electron chi connectivity index (χ3n) is 4.09. The first-order valence-corrected chi connectivity index (χ1v) is 9.81. The van der Waals surface area contributed by atoms with Crippen molar-refractivity contribution in [3.63, 3.8) is 0 Å². The number of nitrogens with two attached hydrogens (primary N) is 1. The number of carbonyl (C=O) groups excluding carboxylic acids is 4. The van der Waals surface area contributed by atoms with E-state index in [1.54, 1.807) is 6.92 Å². The Morgan fingerprint density at radius 1 is 1.00 bits per heavy atom. The van der Waals surface area contributed by atoms with Crippen LogP contribution in [0.25, 0.3) is 0 Å². The standard InChI is InChI=1S/C20H31N5O5/c1-4-30-20(29)24-16(11-14-8-6-5-7-9-14)18(27)22-12-17(26)23-15(10-13(2)3)19(28)25-21/h5-9,13,15-16H,4,10-12,21H2,1-3H3,(H,22,27)(H,23,26)(H,24,29)(H,25,28)/t15-,16-/m0/s1. The number of rotatable bonds is 11. The first-order chi connectivity index (χ1) is 14.3. The number of alkyl carbamates (subject to hydrolysis) is 1. The van der Waals surface area contributed by atoms with Gasteiger partial charge in [0.15, 0.2) is 0 Å². The second-order valence-electron chi connectivity index (χ2n) is 7.08. The Hall–Kier alpha value is -3.14. The van der Waals surface area contributed by atoms with Crippen LogP contribution in [0, 0.1) is 5.92 Å². The van der Waals surface area contributed by atoms with Crippen molar-refractivity contribution < 1.29 is 23.9 Å². The van der Waals surface area contributed by atoms with Crippen molar-refractivity contribution in [3.8, 4) is 0 Å². The van der Waals surface area contributed by atoms with Gasteiger partial charge in [-0.1, -0.05) is 44.2 Å². The third-order valence-corrected chi connectivity index (χ3v) is 4.09. The molecule has 1 aromatic carbocycles. The highest BCUT2D eigenvalue weighted by Gasteiger charge is 2.24. The van der Waals surface area contributed by atoms with Crippen LogP contribution < -0.4 is 27.2 Å². The molecule has 0 spiro atoms. The molecule has 30 heavy (non-hydrogen) atoms.